The molecule has 0 aliphatic carbocycles. The average molecular weight is 255 g/mol. The maximum absolute atomic E-state index is 9.87. The van der Waals surface area contributed by atoms with Crippen LogP contribution >= 0.6 is 0 Å². The van der Waals surface area contributed by atoms with Gasteiger partial charge in [-0.2, -0.15) is 0 Å². The molecule has 0 atom stereocenters. The van der Waals surface area contributed by atoms with Crippen molar-refractivity contribution >= 4 is 10.9 Å². The second-order valence-corrected chi connectivity index (χ2v) is 4.27. The van der Waals surface area contributed by atoms with E-state index in [1.54, 1.807) is 42.6 Å². The number of phenolic OH excluding ortho intramolecular Hbond substituents is 2. The molecule has 4 nitrogen and oxygen atoms in total. The molecule has 0 saturated heterocycles. The molecule has 1 aromatic heterocycles. The van der Waals surface area contributed by atoms with Crippen molar-refractivity contribution in [1.29, 1.82) is 0 Å². The molecule has 1 heterocycles. The Kier molecular flexibility index (Phi) is 2.76. The SMILES string of the molecule is Oc1ccccc1OCc1c[nH]c2cccc(O)c12. The molecule has 0 radical (unpaired) electrons. The van der Waals surface area contributed by atoms with Crippen LogP contribution in [0.2, 0.25) is 0 Å². The molecule has 0 aliphatic rings. The van der Waals surface area contributed by atoms with Crippen LogP contribution in [-0.4, -0.2) is 15.2 Å². The lowest BCUT2D eigenvalue weighted by Crippen LogP contribution is -1.94. The first-order valence-electron chi connectivity index (χ1n) is 5.94. The summed E-state index contributed by atoms with van der Waals surface area (Å²) in [6.45, 7) is 0.273. The molecule has 96 valence electrons. The highest BCUT2D eigenvalue weighted by Gasteiger charge is 2.09. The van der Waals surface area contributed by atoms with Gasteiger partial charge in [0, 0.05) is 22.7 Å². The zero-order valence-electron chi connectivity index (χ0n) is 10.1. The molecule has 0 unspecified atom stereocenters. The third-order valence-electron chi connectivity index (χ3n) is 3.01. The van der Waals surface area contributed by atoms with E-state index in [-0.39, 0.29) is 18.1 Å². The van der Waals surface area contributed by atoms with E-state index in [4.69, 9.17) is 4.74 Å². The van der Waals surface area contributed by atoms with Crippen molar-refractivity contribution in [1.82, 2.24) is 4.98 Å². The van der Waals surface area contributed by atoms with Gasteiger partial charge in [-0.15, -0.1) is 0 Å². The summed E-state index contributed by atoms with van der Waals surface area (Å²) in [6.07, 6.45) is 1.80. The number of ether oxygens (including phenoxy) is 1. The van der Waals surface area contributed by atoms with Gasteiger partial charge < -0.3 is 19.9 Å². The number of aromatic nitrogens is 1. The zero-order chi connectivity index (χ0) is 13.2. The van der Waals surface area contributed by atoms with Crippen molar-refractivity contribution in [2.75, 3.05) is 0 Å². The lowest BCUT2D eigenvalue weighted by atomic mass is 10.1. The summed E-state index contributed by atoms with van der Waals surface area (Å²) in [5.74, 6) is 0.744. The summed E-state index contributed by atoms with van der Waals surface area (Å²) < 4.78 is 5.56. The highest BCUT2D eigenvalue weighted by atomic mass is 16.5. The number of phenols is 2. The number of nitrogens with one attached hydrogen (secondary N) is 1. The summed E-state index contributed by atoms with van der Waals surface area (Å²) in [5, 5.41) is 20.2. The zero-order valence-corrected chi connectivity index (χ0v) is 10.1. The lowest BCUT2D eigenvalue weighted by Gasteiger charge is -2.07. The first-order valence-corrected chi connectivity index (χ1v) is 5.94. The fourth-order valence-electron chi connectivity index (χ4n) is 2.08. The molecular formula is C15H13NO3. The second-order valence-electron chi connectivity index (χ2n) is 4.27. The summed E-state index contributed by atoms with van der Waals surface area (Å²) >= 11 is 0. The van der Waals surface area contributed by atoms with Gasteiger partial charge in [0.2, 0.25) is 0 Å². The summed E-state index contributed by atoms with van der Waals surface area (Å²) in [5.41, 5.74) is 1.70. The number of para-hydroxylation sites is 2. The highest BCUT2D eigenvalue weighted by Crippen LogP contribution is 2.30. The normalized spacial score (nSPS) is 10.7. The van der Waals surface area contributed by atoms with Crippen molar-refractivity contribution in [3.05, 3.63) is 54.2 Å². The van der Waals surface area contributed by atoms with Crippen molar-refractivity contribution in [3.63, 3.8) is 0 Å². The fourth-order valence-corrected chi connectivity index (χ4v) is 2.08. The molecule has 0 bridgehead atoms. The van der Waals surface area contributed by atoms with Gasteiger partial charge in [-0.25, -0.2) is 0 Å². The van der Waals surface area contributed by atoms with E-state index in [2.05, 4.69) is 4.98 Å². The number of hydrogen-bond acceptors (Lipinski definition) is 3. The number of fused-ring (bicyclic) bond motifs is 1. The molecule has 4 heteroatoms. The van der Waals surface area contributed by atoms with E-state index in [0.717, 1.165) is 16.5 Å². The van der Waals surface area contributed by atoms with Crippen molar-refractivity contribution in [2.24, 2.45) is 0 Å². The Morgan fingerprint density at radius 2 is 1.74 bits per heavy atom. The Morgan fingerprint density at radius 1 is 0.947 bits per heavy atom. The third-order valence-corrected chi connectivity index (χ3v) is 3.01. The minimum atomic E-state index is 0.103. The third kappa shape index (κ3) is 2.08. The number of aromatic hydroxyl groups is 2. The predicted molar refractivity (Wildman–Crippen MR) is 72.4 cm³/mol. The van der Waals surface area contributed by atoms with Crippen LogP contribution in [0.1, 0.15) is 5.56 Å². The van der Waals surface area contributed by atoms with Crippen LogP contribution in [0.5, 0.6) is 17.2 Å². The van der Waals surface area contributed by atoms with E-state index >= 15 is 0 Å². The molecule has 0 amide bonds. The molecule has 0 fully saturated rings. The first kappa shape index (κ1) is 11.5. The van der Waals surface area contributed by atoms with E-state index in [1.165, 1.54) is 0 Å². The van der Waals surface area contributed by atoms with Gasteiger partial charge in [0.15, 0.2) is 11.5 Å². The van der Waals surface area contributed by atoms with Crippen LogP contribution in [0, 0.1) is 0 Å². The molecule has 3 rings (SSSR count). The van der Waals surface area contributed by atoms with Crippen LogP contribution in [-0.2, 0) is 6.61 Å². The van der Waals surface area contributed by atoms with Crippen molar-refractivity contribution < 1.29 is 14.9 Å². The second kappa shape index (κ2) is 4.57. The Bertz CT molecular complexity index is 718. The smallest absolute Gasteiger partial charge is 0.161 e. The molecule has 0 saturated carbocycles. The minimum absolute atomic E-state index is 0.103. The summed E-state index contributed by atoms with van der Waals surface area (Å²) in [4.78, 5) is 3.08. The van der Waals surface area contributed by atoms with Crippen molar-refractivity contribution in [2.45, 2.75) is 6.61 Å². The van der Waals surface area contributed by atoms with Gasteiger partial charge in [0.25, 0.3) is 0 Å². The van der Waals surface area contributed by atoms with Crippen LogP contribution in [0.15, 0.2) is 48.7 Å². The monoisotopic (exact) mass is 255 g/mol. The maximum Gasteiger partial charge on any atom is 0.161 e. The maximum atomic E-state index is 9.87. The Morgan fingerprint density at radius 3 is 2.58 bits per heavy atom. The van der Waals surface area contributed by atoms with E-state index < -0.39 is 0 Å². The quantitative estimate of drug-likeness (QED) is 0.673. The van der Waals surface area contributed by atoms with Crippen molar-refractivity contribution in [3.8, 4) is 17.2 Å². The molecule has 3 aromatic rings. The number of aromatic amines is 1. The average Bonchev–Trinajstić information content (AvgIpc) is 2.83. The number of benzene rings is 2. The number of hydrogen-bond donors (Lipinski definition) is 3. The summed E-state index contributed by atoms with van der Waals surface area (Å²) in [7, 11) is 0. The number of H-pyrrole nitrogens is 1. The molecule has 2 aromatic carbocycles. The Balaban J connectivity index is 1.89. The number of rotatable bonds is 3. The summed E-state index contributed by atoms with van der Waals surface area (Å²) in [6, 6.07) is 12.1. The van der Waals surface area contributed by atoms with Gasteiger partial charge in [-0.05, 0) is 24.3 Å². The van der Waals surface area contributed by atoms with Crippen LogP contribution < -0.4 is 4.74 Å². The lowest BCUT2D eigenvalue weighted by molar-refractivity contribution is 0.290. The molecular weight excluding hydrogens is 242 g/mol. The Labute approximate surface area is 109 Å². The van der Waals surface area contributed by atoms with Crippen LogP contribution in [0.4, 0.5) is 0 Å². The van der Waals surface area contributed by atoms with Crippen LogP contribution in [0.3, 0.4) is 0 Å². The molecule has 0 spiro atoms. The topological polar surface area (TPSA) is 65.5 Å². The van der Waals surface area contributed by atoms with Gasteiger partial charge in [-0.3, -0.25) is 0 Å². The van der Waals surface area contributed by atoms with Gasteiger partial charge in [0.05, 0.1) is 0 Å². The van der Waals surface area contributed by atoms with Gasteiger partial charge in [-0.1, -0.05) is 18.2 Å². The predicted octanol–water partition coefficient (Wildman–Crippen LogP) is 3.16. The van der Waals surface area contributed by atoms with Crippen LogP contribution in [0.25, 0.3) is 10.9 Å². The largest absolute Gasteiger partial charge is 0.507 e. The standard InChI is InChI=1S/C15H13NO3/c17-12-5-1-2-7-14(12)19-9-10-8-16-11-4-3-6-13(18)15(10)11/h1-8,16-18H,9H2. The van der Waals surface area contributed by atoms with E-state index in [1.807, 2.05) is 6.07 Å². The highest BCUT2D eigenvalue weighted by molar-refractivity contribution is 5.88. The molecule has 0 aliphatic heterocycles. The van der Waals surface area contributed by atoms with Gasteiger partial charge >= 0.3 is 0 Å². The molecule has 19 heavy (non-hydrogen) atoms. The minimum Gasteiger partial charge on any atom is -0.507 e. The Hall–Kier alpha value is -2.62. The van der Waals surface area contributed by atoms with E-state index in [0.29, 0.717) is 5.75 Å². The molecule has 3 N–H and O–H groups in total. The van der Waals surface area contributed by atoms with E-state index in [9.17, 15) is 10.2 Å². The fraction of sp³-hybridized carbons (Fsp3) is 0.0667. The first-order chi connectivity index (χ1) is 9.25. The van der Waals surface area contributed by atoms with Gasteiger partial charge in [0.1, 0.15) is 12.4 Å².